The number of carbonyl (C=O) groups is 2. The van der Waals surface area contributed by atoms with Crippen LogP contribution in [0.4, 0.5) is 0 Å². The smallest absolute Gasteiger partial charge is 0.325 e. The average Bonchev–Trinajstić information content (AvgIpc) is 3.33. The van der Waals surface area contributed by atoms with E-state index in [1.165, 1.54) is 4.31 Å². The van der Waals surface area contributed by atoms with Gasteiger partial charge in [-0.05, 0) is 51.7 Å². The summed E-state index contributed by atoms with van der Waals surface area (Å²) in [7, 11) is -3.78. The van der Waals surface area contributed by atoms with Crippen LogP contribution in [0.15, 0.2) is 29.2 Å². The average molecular weight is 394 g/mol. The molecule has 148 valence electrons. The van der Waals surface area contributed by atoms with Crippen molar-refractivity contribution in [2.24, 2.45) is 0 Å². The third-order valence-corrected chi connectivity index (χ3v) is 7.08. The van der Waals surface area contributed by atoms with Crippen molar-refractivity contribution in [2.75, 3.05) is 19.6 Å². The van der Waals surface area contributed by atoms with E-state index < -0.39 is 28.1 Å². The van der Waals surface area contributed by atoms with Crippen LogP contribution in [0.5, 0.6) is 0 Å². The molecule has 0 aromatic heterocycles. The number of carbonyl (C=O) groups excluding carboxylic acids is 2. The number of sulfonamides is 1. The highest BCUT2D eigenvalue weighted by Gasteiger charge is 2.41. The number of aryl methyl sites for hydroxylation is 1. The molecule has 0 spiro atoms. The van der Waals surface area contributed by atoms with Crippen molar-refractivity contribution in [1.82, 2.24) is 9.21 Å². The molecular formula is C19H26N2O5S. The van der Waals surface area contributed by atoms with Gasteiger partial charge in [0.2, 0.25) is 10.0 Å². The van der Waals surface area contributed by atoms with E-state index in [2.05, 4.69) is 0 Å². The number of nitrogens with zero attached hydrogens (tertiary/aromatic N) is 2. The second-order valence-corrected chi connectivity index (χ2v) is 9.09. The highest BCUT2D eigenvalue weighted by atomic mass is 32.2. The number of rotatable bonds is 5. The molecule has 2 fully saturated rings. The van der Waals surface area contributed by atoms with Crippen LogP contribution in [-0.2, 0) is 24.3 Å². The monoisotopic (exact) mass is 394 g/mol. The van der Waals surface area contributed by atoms with E-state index in [0.717, 1.165) is 18.4 Å². The zero-order valence-corrected chi connectivity index (χ0v) is 16.6. The normalized spacial score (nSPS) is 22.0. The first-order valence-electron chi connectivity index (χ1n) is 9.38. The first kappa shape index (κ1) is 19.8. The van der Waals surface area contributed by atoms with E-state index in [4.69, 9.17) is 4.74 Å². The van der Waals surface area contributed by atoms with Crippen LogP contribution in [0.1, 0.15) is 38.2 Å². The molecule has 1 amide bonds. The third-order valence-electron chi connectivity index (χ3n) is 5.16. The van der Waals surface area contributed by atoms with Crippen molar-refractivity contribution in [2.45, 2.75) is 56.6 Å². The standard InChI is InChI=1S/C19H26N2O5S/c1-14-7-9-16(10-8-14)27(24,25)21-13-5-6-17(21)19(23)26-15(2)18(22)20-11-3-4-12-20/h7-10,15,17H,3-6,11-13H2,1-2H3/t15-,17-/m0/s1. The molecule has 8 heteroatoms. The summed E-state index contributed by atoms with van der Waals surface area (Å²) in [6.45, 7) is 5.05. The second-order valence-electron chi connectivity index (χ2n) is 7.20. The van der Waals surface area contributed by atoms with E-state index >= 15 is 0 Å². The van der Waals surface area contributed by atoms with Crippen LogP contribution in [-0.4, -0.2) is 61.3 Å². The molecule has 2 aliphatic rings. The topological polar surface area (TPSA) is 84.0 Å². The number of ether oxygens (including phenoxy) is 1. The van der Waals surface area contributed by atoms with Crippen molar-refractivity contribution in [3.63, 3.8) is 0 Å². The lowest BCUT2D eigenvalue weighted by molar-refractivity contribution is -0.161. The summed E-state index contributed by atoms with van der Waals surface area (Å²) in [4.78, 5) is 26.8. The highest BCUT2D eigenvalue weighted by molar-refractivity contribution is 7.89. The Bertz CT molecular complexity index is 800. The van der Waals surface area contributed by atoms with E-state index in [1.807, 2.05) is 6.92 Å². The molecule has 1 aromatic carbocycles. The van der Waals surface area contributed by atoms with E-state index in [-0.39, 0.29) is 17.3 Å². The molecule has 1 aromatic rings. The van der Waals surface area contributed by atoms with Gasteiger partial charge >= 0.3 is 5.97 Å². The molecule has 3 rings (SSSR count). The number of hydrogen-bond donors (Lipinski definition) is 0. The Balaban J connectivity index is 1.70. The van der Waals surface area contributed by atoms with Crippen LogP contribution in [0.2, 0.25) is 0 Å². The van der Waals surface area contributed by atoms with Gasteiger partial charge in [0.15, 0.2) is 6.10 Å². The fourth-order valence-electron chi connectivity index (χ4n) is 3.61. The van der Waals surface area contributed by atoms with Gasteiger partial charge in [-0.2, -0.15) is 4.31 Å². The summed E-state index contributed by atoms with van der Waals surface area (Å²) in [5.41, 5.74) is 0.959. The van der Waals surface area contributed by atoms with Crippen LogP contribution >= 0.6 is 0 Å². The summed E-state index contributed by atoms with van der Waals surface area (Å²) >= 11 is 0. The van der Waals surface area contributed by atoms with Gasteiger partial charge in [0.05, 0.1) is 4.90 Å². The molecular weight excluding hydrogens is 368 g/mol. The van der Waals surface area contributed by atoms with Gasteiger partial charge in [0.1, 0.15) is 6.04 Å². The van der Waals surface area contributed by atoms with Gasteiger partial charge in [-0.15, -0.1) is 0 Å². The molecule has 0 aliphatic carbocycles. The minimum absolute atomic E-state index is 0.161. The fraction of sp³-hybridized carbons (Fsp3) is 0.579. The molecule has 0 saturated carbocycles. The summed E-state index contributed by atoms with van der Waals surface area (Å²) in [5.74, 6) is -0.866. The van der Waals surface area contributed by atoms with Crippen LogP contribution in [0.25, 0.3) is 0 Å². The van der Waals surface area contributed by atoms with Crippen molar-refractivity contribution >= 4 is 21.9 Å². The minimum Gasteiger partial charge on any atom is -0.451 e. The SMILES string of the molecule is Cc1ccc(S(=O)(=O)N2CCC[C@H]2C(=O)O[C@@H](C)C(=O)N2CCCC2)cc1. The molecule has 0 N–H and O–H groups in total. The molecule has 0 unspecified atom stereocenters. The summed E-state index contributed by atoms with van der Waals surface area (Å²) in [6, 6.07) is 5.67. The van der Waals surface area contributed by atoms with Gasteiger partial charge in [-0.1, -0.05) is 17.7 Å². The fourth-order valence-corrected chi connectivity index (χ4v) is 5.25. The number of esters is 1. The van der Waals surface area contributed by atoms with Crippen molar-refractivity contribution < 1.29 is 22.7 Å². The highest BCUT2D eigenvalue weighted by Crippen LogP contribution is 2.27. The van der Waals surface area contributed by atoms with Gasteiger partial charge in [0, 0.05) is 19.6 Å². The third kappa shape index (κ3) is 4.16. The number of benzene rings is 1. The van der Waals surface area contributed by atoms with Crippen molar-refractivity contribution in [1.29, 1.82) is 0 Å². The van der Waals surface area contributed by atoms with Gasteiger partial charge in [-0.3, -0.25) is 9.59 Å². The Morgan fingerprint density at radius 2 is 1.70 bits per heavy atom. The van der Waals surface area contributed by atoms with Crippen molar-refractivity contribution in [3.05, 3.63) is 29.8 Å². The van der Waals surface area contributed by atoms with Crippen LogP contribution in [0.3, 0.4) is 0 Å². The molecule has 2 atom stereocenters. The molecule has 0 radical (unpaired) electrons. The predicted octanol–water partition coefficient (Wildman–Crippen LogP) is 1.70. The lowest BCUT2D eigenvalue weighted by Crippen LogP contribution is -2.45. The molecule has 2 aliphatic heterocycles. The summed E-state index contributed by atoms with van der Waals surface area (Å²) in [5, 5.41) is 0. The minimum atomic E-state index is -3.78. The summed E-state index contributed by atoms with van der Waals surface area (Å²) in [6.07, 6.45) is 1.99. The lowest BCUT2D eigenvalue weighted by Gasteiger charge is -2.25. The molecule has 2 heterocycles. The molecule has 27 heavy (non-hydrogen) atoms. The quantitative estimate of drug-likeness (QED) is 0.710. The van der Waals surface area contributed by atoms with Gasteiger partial charge in [-0.25, -0.2) is 8.42 Å². The lowest BCUT2D eigenvalue weighted by atomic mass is 10.2. The van der Waals surface area contributed by atoms with E-state index in [0.29, 0.717) is 25.9 Å². The Kier molecular flexibility index (Phi) is 5.86. The number of hydrogen-bond acceptors (Lipinski definition) is 5. The second kappa shape index (κ2) is 7.98. The predicted molar refractivity (Wildman–Crippen MR) is 99.5 cm³/mol. The Morgan fingerprint density at radius 1 is 1.07 bits per heavy atom. The van der Waals surface area contributed by atoms with Gasteiger partial charge < -0.3 is 9.64 Å². The maximum atomic E-state index is 12.9. The molecule has 7 nitrogen and oxygen atoms in total. The zero-order chi connectivity index (χ0) is 19.6. The molecule has 0 bridgehead atoms. The Morgan fingerprint density at radius 3 is 2.33 bits per heavy atom. The van der Waals surface area contributed by atoms with E-state index in [1.54, 1.807) is 36.1 Å². The largest absolute Gasteiger partial charge is 0.451 e. The number of amides is 1. The summed E-state index contributed by atoms with van der Waals surface area (Å²) < 4.78 is 32.4. The zero-order valence-electron chi connectivity index (χ0n) is 15.8. The Hall–Kier alpha value is -1.93. The maximum absolute atomic E-state index is 12.9. The molecule has 2 saturated heterocycles. The van der Waals surface area contributed by atoms with E-state index in [9.17, 15) is 18.0 Å². The first-order chi connectivity index (χ1) is 12.8. The van der Waals surface area contributed by atoms with Crippen molar-refractivity contribution in [3.8, 4) is 0 Å². The number of likely N-dealkylation sites (tertiary alicyclic amines) is 1. The maximum Gasteiger partial charge on any atom is 0.325 e. The van der Waals surface area contributed by atoms with Crippen LogP contribution < -0.4 is 0 Å². The first-order valence-corrected chi connectivity index (χ1v) is 10.8. The Labute approximate surface area is 160 Å². The van der Waals surface area contributed by atoms with Gasteiger partial charge in [0.25, 0.3) is 5.91 Å². The van der Waals surface area contributed by atoms with Crippen LogP contribution in [0, 0.1) is 6.92 Å².